The van der Waals surface area contributed by atoms with Gasteiger partial charge in [0, 0.05) is 13.2 Å². The van der Waals surface area contributed by atoms with Crippen molar-refractivity contribution in [2.75, 3.05) is 26.2 Å². The van der Waals surface area contributed by atoms with Crippen LogP contribution in [0, 0.1) is 5.92 Å². The fourth-order valence-corrected chi connectivity index (χ4v) is 2.57. The molecule has 0 bridgehead atoms. The SMILES string of the molecule is O=CO.OCC1CCN(CCCCc2ccccc2)C1. The van der Waals surface area contributed by atoms with Crippen molar-refractivity contribution in [2.24, 2.45) is 5.92 Å². The first-order valence-corrected chi connectivity index (χ1v) is 7.25. The number of benzene rings is 1. The number of carboxylic acid groups (broad SMARTS) is 1. The van der Waals surface area contributed by atoms with Gasteiger partial charge < -0.3 is 15.1 Å². The Labute approximate surface area is 121 Å². The van der Waals surface area contributed by atoms with Gasteiger partial charge in [-0.3, -0.25) is 4.79 Å². The van der Waals surface area contributed by atoms with Gasteiger partial charge in [0.15, 0.2) is 0 Å². The molecule has 1 aliphatic rings. The van der Waals surface area contributed by atoms with Gasteiger partial charge in [-0.1, -0.05) is 30.3 Å². The Balaban J connectivity index is 0.000000612. The summed E-state index contributed by atoms with van der Waals surface area (Å²) >= 11 is 0. The minimum Gasteiger partial charge on any atom is -0.483 e. The summed E-state index contributed by atoms with van der Waals surface area (Å²) in [5, 5.41) is 16.0. The first-order valence-electron chi connectivity index (χ1n) is 7.25. The molecule has 1 saturated heterocycles. The van der Waals surface area contributed by atoms with Crippen LogP contribution >= 0.6 is 0 Å². The van der Waals surface area contributed by atoms with Crippen LogP contribution in [0.15, 0.2) is 30.3 Å². The minimum absolute atomic E-state index is 0.250. The number of aliphatic hydroxyl groups is 1. The van der Waals surface area contributed by atoms with E-state index in [0.717, 1.165) is 6.54 Å². The molecule has 4 nitrogen and oxygen atoms in total. The quantitative estimate of drug-likeness (QED) is 0.618. The Morgan fingerprint density at radius 2 is 1.95 bits per heavy atom. The Morgan fingerprint density at radius 1 is 1.25 bits per heavy atom. The molecule has 1 heterocycles. The summed E-state index contributed by atoms with van der Waals surface area (Å²) in [6.45, 7) is 3.59. The number of likely N-dealkylation sites (tertiary alicyclic amines) is 1. The van der Waals surface area contributed by atoms with E-state index < -0.39 is 0 Å². The van der Waals surface area contributed by atoms with Crippen LogP contribution in [0.5, 0.6) is 0 Å². The molecule has 1 aromatic rings. The Bertz CT molecular complexity index is 356. The van der Waals surface area contributed by atoms with E-state index in [9.17, 15) is 0 Å². The third-order valence-corrected chi connectivity index (χ3v) is 3.66. The fraction of sp³-hybridized carbons (Fsp3) is 0.562. The van der Waals surface area contributed by atoms with Gasteiger partial charge in [0.05, 0.1) is 0 Å². The van der Waals surface area contributed by atoms with Crippen LogP contribution in [0.3, 0.4) is 0 Å². The van der Waals surface area contributed by atoms with Crippen LogP contribution < -0.4 is 0 Å². The molecule has 0 aromatic heterocycles. The second kappa shape index (κ2) is 10.4. The first kappa shape index (κ1) is 16.7. The summed E-state index contributed by atoms with van der Waals surface area (Å²) in [5.74, 6) is 0.532. The molecule has 4 heteroatoms. The molecule has 0 radical (unpaired) electrons. The predicted molar refractivity (Wildman–Crippen MR) is 79.7 cm³/mol. The van der Waals surface area contributed by atoms with E-state index in [1.54, 1.807) is 0 Å². The standard InChI is InChI=1S/C15H23NO.CH2O2/c17-13-15-9-11-16(12-15)10-5-4-8-14-6-2-1-3-7-14;2-1-3/h1-3,6-7,15,17H,4-5,8-13H2;1H,(H,2,3). The topological polar surface area (TPSA) is 60.8 Å². The summed E-state index contributed by atoms with van der Waals surface area (Å²) in [4.78, 5) is 10.9. The number of carbonyl (C=O) groups is 1. The Hall–Kier alpha value is -1.39. The van der Waals surface area contributed by atoms with E-state index in [2.05, 4.69) is 35.2 Å². The number of hydrogen-bond acceptors (Lipinski definition) is 3. The van der Waals surface area contributed by atoms with Crippen molar-refractivity contribution < 1.29 is 15.0 Å². The molecule has 20 heavy (non-hydrogen) atoms. The molecule has 1 aliphatic heterocycles. The molecule has 2 N–H and O–H groups in total. The molecule has 112 valence electrons. The fourth-order valence-electron chi connectivity index (χ4n) is 2.57. The summed E-state index contributed by atoms with van der Waals surface area (Å²) in [7, 11) is 0. The van der Waals surface area contributed by atoms with E-state index in [1.807, 2.05) is 0 Å². The van der Waals surface area contributed by atoms with Crippen LogP contribution in [0.25, 0.3) is 0 Å². The highest BCUT2D eigenvalue weighted by atomic mass is 16.3. The lowest BCUT2D eigenvalue weighted by Gasteiger charge is -2.15. The van der Waals surface area contributed by atoms with Crippen LogP contribution in [-0.4, -0.2) is 47.8 Å². The molecule has 0 saturated carbocycles. The highest BCUT2D eigenvalue weighted by Gasteiger charge is 2.20. The summed E-state index contributed by atoms with van der Waals surface area (Å²) in [6.07, 6.45) is 4.91. The van der Waals surface area contributed by atoms with Crippen LogP contribution in [0.4, 0.5) is 0 Å². The number of aliphatic hydroxyl groups excluding tert-OH is 1. The zero-order valence-electron chi connectivity index (χ0n) is 11.9. The van der Waals surface area contributed by atoms with Crippen LogP contribution in [0.2, 0.25) is 0 Å². The lowest BCUT2D eigenvalue weighted by molar-refractivity contribution is -0.122. The highest BCUT2D eigenvalue weighted by Crippen LogP contribution is 2.16. The second-order valence-electron chi connectivity index (χ2n) is 5.19. The van der Waals surface area contributed by atoms with Gasteiger partial charge in [-0.2, -0.15) is 0 Å². The zero-order chi connectivity index (χ0) is 14.6. The molecule has 1 fully saturated rings. The predicted octanol–water partition coefficient (Wildman–Crippen LogP) is 2.02. The van der Waals surface area contributed by atoms with Crippen molar-refractivity contribution >= 4 is 6.47 Å². The van der Waals surface area contributed by atoms with Crippen molar-refractivity contribution in [2.45, 2.75) is 25.7 Å². The second-order valence-corrected chi connectivity index (χ2v) is 5.19. The van der Waals surface area contributed by atoms with E-state index in [1.165, 1.54) is 44.3 Å². The maximum absolute atomic E-state index is 9.08. The van der Waals surface area contributed by atoms with Gasteiger partial charge in [0.2, 0.25) is 0 Å². The molecule has 2 rings (SSSR count). The number of unbranched alkanes of at least 4 members (excludes halogenated alkanes) is 1. The molecule has 1 aromatic carbocycles. The van der Waals surface area contributed by atoms with Crippen molar-refractivity contribution in [3.8, 4) is 0 Å². The van der Waals surface area contributed by atoms with Crippen molar-refractivity contribution in [3.05, 3.63) is 35.9 Å². The van der Waals surface area contributed by atoms with Gasteiger partial charge in [-0.05, 0) is 50.3 Å². The third kappa shape index (κ3) is 6.68. The summed E-state index contributed by atoms with van der Waals surface area (Å²) in [5.41, 5.74) is 1.45. The molecule has 1 atom stereocenters. The molecule has 0 spiro atoms. The smallest absolute Gasteiger partial charge is 0.290 e. The van der Waals surface area contributed by atoms with Crippen LogP contribution in [0.1, 0.15) is 24.8 Å². The molecular weight excluding hydrogens is 254 g/mol. The average molecular weight is 279 g/mol. The maximum Gasteiger partial charge on any atom is 0.290 e. The first-order chi connectivity index (χ1) is 9.80. The highest BCUT2D eigenvalue weighted by molar-refractivity contribution is 5.32. The molecule has 0 aliphatic carbocycles. The van der Waals surface area contributed by atoms with E-state index >= 15 is 0 Å². The minimum atomic E-state index is -0.250. The van der Waals surface area contributed by atoms with Gasteiger partial charge in [-0.15, -0.1) is 0 Å². The molecular formula is C16H25NO3. The third-order valence-electron chi connectivity index (χ3n) is 3.66. The normalized spacial score (nSPS) is 18.4. The van der Waals surface area contributed by atoms with Crippen molar-refractivity contribution in [1.29, 1.82) is 0 Å². The van der Waals surface area contributed by atoms with E-state index in [0.29, 0.717) is 12.5 Å². The number of hydrogen-bond donors (Lipinski definition) is 2. The largest absolute Gasteiger partial charge is 0.483 e. The van der Waals surface area contributed by atoms with Gasteiger partial charge in [-0.25, -0.2) is 0 Å². The van der Waals surface area contributed by atoms with Crippen molar-refractivity contribution in [1.82, 2.24) is 4.90 Å². The summed E-state index contributed by atoms with van der Waals surface area (Å²) in [6, 6.07) is 10.7. The van der Waals surface area contributed by atoms with Gasteiger partial charge in [0.1, 0.15) is 0 Å². The molecule has 1 unspecified atom stereocenters. The number of rotatable bonds is 6. The molecule has 0 amide bonds. The van der Waals surface area contributed by atoms with Gasteiger partial charge >= 0.3 is 0 Å². The number of aryl methyl sites for hydroxylation is 1. The monoisotopic (exact) mass is 279 g/mol. The Kier molecular flexibility index (Phi) is 8.67. The maximum atomic E-state index is 9.08. The van der Waals surface area contributed by atoms with E-state index in [4.69, 9.17) is 15.0 Å². The summed E-state index contributed by atoms with van der Waals surface area (Å²) < 4.78 is 0. The lowest BCUT2D eigenvalue weighted by atomic mass is 10.1. The van der Waals surface area contributed by atoms with Crippen molar-refractivity contribution in [3.63, 3.8) is 0 Å². The Morgan fingerprint density at radius 3 is 2.55 bits per heavy atom. The lowest BCUT2D eigenvalue weighted by Crippen LogP contribution is -2.22. The van der Waals surface area contributed by atoms with Crippen LogP contribution in [-0.2, 0) is 11.2 Å². The number of nitrogens with zero attached hydrogens (tertiary/aromatic N) is 1. The zero-order valence-corrected chi connectivity index (χ0v) is 11.9. The van der Waals surface area contributed by atoms with Gasteiger partial charge in [0.25, 0.3) is 6.47 Å². The average Bonchev–Trinajstić information content (AvgIpc) is 2.94. The van der Waals surface area contributed by atoms with E-state index in [-0.39, 0.29) is 6.47 Å².